The van der Waals surface area contributed by atoms with Crippen LogP contribution in [0.5, 0.6) is 0 Å². The van der Waals surface area contributed by atoms with Gasteiger partial charge in [-0.3, -0.25) is 4.79 Å². The van der Waals surface area contributed by atoms with E-state index < -0.39 is 10.0 Å². The number of sulfonamides is 1. The highest BCUT2D eigenvalue weighted by atomic mass is 32.2. The van der Waals surface area contributed by atoms with Crippen LogP contribution in [0.3, 0.4) is 0 Å². The zero-order valence-corrected chi connectivity index (χ0v) is 19.5. The van der Waals surface area contributed by atoms with Gasteiger partial charge in [-0.15, -0.1) is 0 Å². The Morgan fingerprint density at radius 2 is 1.81 bits per heavy atom. The Kier molecular flexibility index (Phi) is 7.28. The van der Waals surface area contributed by atoms with Crippen LogP contribution in [0.2, 0.25) is 0 Å². The van der Waals surface area contributed by atoms with Crippen LogP contribution in [0.15, 0.2) is 53.4 Å². The molecule has 2 aliphatic heterocycles. The number of carbonyl (C=O) groups is 1. The molecule has 1 amide bonds. The number of hydrogen-bond donors (Lipinski definition) is 0. The molecule has 172 valence electrons. The van der Waals surface area contributed by atoms with E-state index in [0.717, 1.165) is 37.8 Å². The second-order valence-corrected chi connectivity index (χ2v) is 10.4. The second kappa shape index (κ2) is 10.1. The first kappa shape index (κ1) is 23.0. The first-order valence-electron chi connectivity index (χ1n) is 11.6. The lowest BCUT2D eigenvalue weighted by Crippen LogP contribution is -2.41. The van der Waals surface area contributed by atoms with Gasteiger partial charge in [0.05, 0.1) is 18.1 Å². The summed E-state index contributed by atoms with van der Waals surface area (Å²) in [5, 5.41) is 0. The van der Waals surface area contributed by atoms with E-state index in [0.29, 0.717) is 38.3 Å². The van der Waals surface area contributed by atoms with Crippen molar-refractivity contribution in [3.05, 3.63) is 65.2 Å². The lowest BCUT2D eigenvalue weighted by molar-refractivity contribution is 0.0725. The van der Waals surface area contributed by atoms with Crippen molar-refractivity contribution in [1.29, 1.82) is 0 Å². The fourth-order valence-corrected chi connectivity index (χ4v) is 6.42. The molecule has 0 aromatic heterocycles. The van der Waals surface area contributed by atoms with Gasteiger partial charge in [0.15, 0.2) is 0 Å². The Bertz CT molecular complexity index is 1030. The highest BCUT2D eigenvalue weighted by Crippen LogP contribution is 2.27. The van der Waals surface area contributed by atoms with Crippen molar-refractivity contribution in [3.8, 4) is 0 Å². The summed E-state index contributed by atoms with van der Waals surface area (Å²) in [4.78, 5) is 15.6. The van der Waals surface area contributed by atoms with E-state index in [-0.39, 0.29) is 16.8 Å². The zero-order valence-electron chi connectivity index (χ0n) is 18.7. The molecule has 0 N–H and O–H groups in total. The molecule has 2 saturated heterocycles. The Hall–Kier alpha value is -2.22. The third-order valence-electron chi connectivity index (χ3n) is 6.53. The van der Waals surface area contributed by atoms with E-state index in [4.69, 9.17) is 4.74 Å². The third kappa shape index (κ3) is 4.90. The van der Waals surface area contributed by atoms with Gasteiger partial charge < -0.3 is 9.64 Å². The zero-order chi connectivity index (χ0) is 22.6. The summed E-state index contributed by atoms with van der Waals surface area (Å²) in [5.41, 5.74) is 2.48. The molecule has 2 heterocycles. The molecule has 6 nitrogen and oxygen atoms in total. The molecular weight excluding hydrogens is 424 g/mol. The molecule has 2 aromatic rings. The van der Waals surface area contributed by atoms with Crippen LogP contribution >= 0.6 is 0 Å². The van der Waals surface area contributed by atoms with Crippen molar-refractivity contribution in [2.24, 2.45) is 0 Å². The van der Waals surface area contributed by atoms with Crippen LogP contribution in [-0.2, 0) is 27.6 Å². The molecule has 1 unspecified atom stereocenters. The van der Waals surface area contributed by atoms with Gasteiger partial charge in [-0.1, -0.05) is 43.3 Å². The standard InChI is InChI=1S/C25H32N2O4S/c1-2-21-11-12-22(19-24(21)32(29,30)26-15-17-31-18-16-26)25(28)27-14-6-9-23(27)13-10-20-7-4-3-5-8-20/h3-5,7-8,11-12,19,23H,2,6,9-10,13-18H2,1H3. The predicted molar refractivity (Wildman–Crippen MR) is 124 cm³/mol. The second-order valence-electron chi connectivity index (χ2n) is 8.51. The molecule has 0 bridgehead atoms. The quantitative estimate of drug-likeness (QED) is 0.640. The first-order valence-corrected chi connectivity index (χ1v) is 13.0. The number of nitrogens with zero attached hydrogens (tertiary/aromatic N) is 2. The third-order valence-corrected chi connectivity index (χ3v) is 8.51. The number of amides is 1. The number of ether oxygens (including phenoxy) is 1. The molecule has 2 aromatic carbocycles. The van der Waals surface area contributed by atoms with Gasteiger partial charge in [-0.2, -0.15) is 4.31 Å². The largest absolute Gasteiger partial charge is 0.379 e. The molecule has 2 fully saturated rings. The molecule has 1 atom stereocenters. The van der Waals surface area contributed by atoms with Crippen LogP contribution in [0.25, 0.3) is 0 Å². The van der Waals surface area contributed by atoms with E-state index >= 15 is 0 Å². The molecule has 4 rings (SSSR count). The van der Waals surface area contributed by atoms with E-state index in [1.54, 1.807) is 18.2 Å². The van der Waals surface area contributed by atoms with Gasteiger partial charge in [0.1, 0.15) is 0 Å². The average molecular weight is 457 g/mol. The smallest absolute Gasteiger partial charge is 0.254 e. The number of morpholine rings is 1. The van der Waals surface area contributed by atoms with Crippen LogP contribution in [0.1, 0.15) is 47.7 Å². The number of carbonyl (C=O) groups excluding carboxylic acids is 1. The van der Waals surface area contributed by atoms with Crippen LogP contribution < -0.4 is 0 Å². The van der Waals surface area contributed by atoms with Crippen molar-refractivity contribution in [1.82, 2.24) is 9.21 Å². The maximum Gasteiger partial charge on any atom is 0.254 e. The van der Waals surface area contributed by atoms with E-state index in [9.17, 15) is 13.2 Å². The monoisotopic (exact) mass is 456 g/mol. The lowest BCUT2D eigenvalue weighted by atomic mass is 10.0. The summed E-state index contributed by atoms with van der Waals surface area (Å²) in [5.74, 6) is -0.0679. The number of rotatable bonds is 7. The Balaban J connectivity index is 1.54. The molecule has 0 radical (unpaired) electrons. The molecule has 7 heteroatoms. The van der Waals surface area contributed by atoms with Crippen molar-refractivity contribution in [2.45, 2.75) is 50.0 Å². The van der Waals surface area contributed by atoms with Crippen molar-refractivity contribution >= 4 is 15.9 Å². The molecule has 0 spiro atoms. The van der Waals surface area contributed by atoms with Crippen LogP contribution in [0, 0.1) is 0 Å². The normalized spacial score (nSPS) is 19.9. The SMILES string of the molecule is CCc1ccc(C(=O)N2CCCC2CCc2ccccc2)cc1S(=O)(=O)N1CCOCC1. The van der Waals surface area contributed by atoms with Gasteiger partial charge >= 0.3 is 0 Å². The van der Waals surface area contributed by atoms with Gasteiger partial charge in [0.25, 0.3) is 5.91 Å². The molecule has 0 aliphatic carbocycles. The number of aryl methyl sites for hydroxylation is 2. The summed E-state index contributed by atoms with van der Waals surface area (Å²) < 4.78 is 33.5. The minimum atomic E-state index is -3.66. The van der Waals surface area contributed by atoms with Crippen molar-refractivity contribution in [3.63, 3.8) is 0 Å². The lowest BCUT2D eigenvalue weighted by Gasteiger charge is -2.28. The number of hydrogen-bond acceptors (Lipinski definition) is 4. The van der Waals surface area contributed by atoms with Gasteiger partial charge in [-0.25, -0.2) is 8.42 Å². The molecule has 2 aliphatic rings. The highest BCUT2D eigenvalue weighted by Gasteiger charge is 2.32. The van der Waals surface area contributed by atoms with Gasteiger partial charge in [0.2, 0.25) is 10.0 Å². The molecule has 0 saturated carbocycles. The Morgan fingerprint density at radius 1 is 1.06 bits per heavy atom. The van der Waals surface area contributed by atoms with Crippen molar-refractivity contribution in [2.75, 3.05) is 32.8 Å². The predicted octanol–water partition coefficient (Wildman–Crippen LogP) is 3.51. The summed E-state index contributed by atoms with van der Waals surface area (Å²) in [7, 11) is -3.66. The summed E-state index contributed by atoms with van der Waals surface area (Å²) in [6.45, 7) is 4.15. The first-order chi connectivity index (χ1) is 15.5. The van der Waals surface area contributed by atoms with Gasteiger partial charge in [0, 0.05) is 31.2 Å². The topological polar surface area (TPSA) is 66.9 Å². The summed E-state index contributed by atoms with van der Waals surface area (Å²) in [6, 6.07) is 15.7. The highest BCUT2D eigenvalue weighted by molar-refractivity contribution is 7.89. The van der Waals surface area contributed by atoms with E-state index in [1.165, 1.54) is 9.87 Å². The number of likely N-dealkylation sites (tertiary alicyclic amines) is 1. The van der Waals surface area contributed by atoms with E-state index in [1.807, 2.05) is 30.0 Å². The van der Waals surface area contributed by atoms with Crippen LogP contribution in [-0.4, -0.2) is 62.4 Å². The molecular formula is C25H32N2O4S. The Labute approximate surface area is 191 Å². The average Bonchev–Trinajstić information content (AvgIpc) is 3.31. The van der Waals surface area contributed by atoms with Crippen LogP contribution in [0.4, 0.5) is 0 Å². The van der Waals surface area contributed by atoms with Gasteiger partial charge in [-0.05, 0) is 55.4 Å². The Morgan fingerprint density at radius 3 is 2.53 bits per heavy atom. The summed E-state index contributed by atoms with van der Waals surface area (Å²) >= 11 is 0. The fourth-order valence-electron chi connectivity index (χ4n) is 4.69. The minimum Gasteiger partial charge on any atom is -0.379 e. The number of benzene rings is 2. The van der Waals surface area contributed by atoms with Crippen molar-refractivity contribution < 1.29 is 17.9 Å². The maximum atomic E-state index is 13.4. The fraction of sp³-hybridized carbons (Fsp3) is 0.480. The van der Waals surface area contributed by atoms with E-state index in [2.05, 4.69) is 12.1 Å². The minimum absolute atomic E-state index is 0.0679. The maximum absolute atomic E-state index is 13.4. The summed E-state index contributed by atoms with van der Waals surface area (Å²) in [6.07, 6.45) is 4.42. The molecule has 32 heavy (non-hydrogen) atoms.